The molecule has 14 heavy (non-hydrogen) atoms. The molecule has 3 N–H and O–H groups in total. The third-order valence-corrected chi connectivity index (χ3v) is 3.59. The highest BCUT2D eigenvalue weighted by Gasteiger charge is 2.44. The van der Waals surface area contributed by atoms with Crippen LogP contribution in [0.1, 0.15) is 32.1 Å². The molecule has 2 atom stereocenters. The van der Waals surface area contributed by atoms with Crippen molar-refractivity contribution in [3.8, 4) is 0 Å². The maximum Gasteiger partial charge on any atom is 0.320 e. The number of rotatable bonds is 2. The van der Waals surface area contributed by atoms with Crippen molar-refractivity contribution in [1.82, 2.24) is 0 Å². The molecule has 80 valence electrons. The van der Waals surface area contributed by atoms with Gasteiger partial charge in [0.15, 0.2) is 0 Å². The summed E-state index contributed by atoms with van der Waals surface area (Å²) in [7, 11) is 0. The zero-order valence-electron chi connectivity index (χ0n) is 8.24. The topological polar surface area (TPSA) is 72.6 Å². The van der Waals surface area contributed by atoms with Gasteiger partial charge in [0.1, 0.15) is 6.04 Å². The first-order valence-electron chi connectivity index (χ1n) is 5.25. The molecule has 2 aliphatic rings. The van der Waals surface area contributed by atoms with E-state index in [1.807, 2.05) is 0 Å². The van der Waals surface area contributed by atoms with E-state index in [-0.39, 0.29) is 11.5 Å². The molecule has 1 aliphatic carbocycles. The van der Waals surface area contributed by atoms with Crippen molar-refractivity contribution in [2.24, 2.45) is 11.7 Å². The Balaban J connectivity index is 1.96. The van der Waals surface area contributed by atoms with Crippen LogP contribution in [0.4, 0.5) is 0 Å². The lowest BCUT2D eigenvalue weighted by Gasteiger charge is -2.47. The van der Waals surface area contributed by atoms with E-state index in [4.69, 9.17) is 15.6 Å². The number of nitrogens with two attached hydrogens (primary N) is 1. The summed E-state index contributed by atoms with van der Waals surface area (Å²) in [6.45, 7) is 0.672. The number of aliphatic carboxylic acids is 1. The molecule has 0 aromatic rings. The van der Waals surface area contributed by atoms with Crippen LogP contribution >= 0.6 is 0 Å². The van der Waals surface area contributed by atoms with Crippen molar-refractivity contribution in [1.29, 1.82) is 0 Å². The lowest BCUT2D eigenvalue weighted by Crippen LogP contribution is -2.51. The second kappa shape index (κ2) is 3.51. The van der Waals surface area contributed by atoms with Crippen molar-refractivity contribution in [3.05, 3.63) is 0 Å². The molecule has 0 amide bonds. The van der Waals surface area contributed by atoms with Crippen LogP contribution in [0.25, 0.3) is 0 Å². The predicted octanol–water partition coefficient (Wildman–Crippen LogP) is 0.748. The molecular weight excluding hydrogens is 182 g/mol. The van der Waals surface area contributed by atoms with E-state index in [0.29, 0.717) is 6.61 Å². The number of carbonyl (C=O) groups is 1. The molecule has 0 unspecified atom stereocenters. The molecule has 1 saturated carbocycles. The molecule has 0 aromatic carbocycles. The van der Waals surface area contributed by atoms with Crippen LogP contribution < -0.4 is 5.73 Å². The van der Waals surface area contributed by atoms with Gasteiger partial charge in [-0.3, -0.25) is 4.79 Å². The maximum absolute atomic E-state index is 10.8. The summed E-state index contributed by atoms with van der Waals surface area (Å²) in [6.07, 6.45) is 4.98. The summed E-state index contributed by atoms with van der Waals surface area (Å²) in [5.41, 5.74) is 5.63. The van der Waals surface area contributed by atoms with E-state index in [1.165, 1.54) is 6.42 Å². The van der Waals surface area contributed by atoms with E-state index in [0.717, 1.165) is 25.7 Å². The van der Waals surface area contributed by atoms with Gasteiger partial charge >= 0.3 is 5.97 Å². The van der Waals surface area contributed by atoms with Crippen LogP contribution in [-0.2, 0) is 9.53 Å². The summed E-state index contributed by atoms with van der Waals surface area (Å²) in [5, 5.41) is 8.83. The highest BCUT2D eigenvalue weighted by Crippen LogP contribution is 2.44. The number of carboxylic acid groups (broad SMARTS) is 1. The third-order valence-electron chi connectivity index (χ3n) is 3.59. The fourth-order valence-corrected chi connectivity index (χ4v) is 2.49. The number of carboxylic acids is 1. The summed E-state index contributed by atoms with van der Waals surface area (Å²) in [4.78, 5) is 10.8. The van der Waals surface area contributed by atoms with Gasteiger partial charge in [-0.15, -0.1) is 0 Å². The number of ether oxygens (including phenoxy) is 1. The lowest BCUT2D eigenvalue weighted by molar-refractivity contribution is -0.156. The van der Waals surface area contributed by atoms with Gasteiger partial charge in [-0.25, -0.2) is 0 Å². The van der Waals surface area contributed by atoms with Crippen LogP contribution in [0, 0.1) is 5.92 Å². The Bertz CT molecular complexity index is 238. The summed E-state index contributed by atoms with van der Waals surface area (Å²) in [6, 6.07) is -0.712. The highest BCUT2D eigenvalue weighted by molar-refractivity contribution is 5.73. The van der Waals surface area contributed by atoms with Gasteiger partial charge in [-0.05, 0) is 38.0 Å². The highest BCUT2D eigenvalue weighted by atomic mass is 16.5. The van der Waals surface area contributed by atoms with Gasteiger partial charge in [-0.1, -0.05) is 0 Å². The molecule has 2 rings (SSSR count). The molecule has 1 saturated heterocycles. The van der Waals surface area contributed by atoms with Gasteiger partial charge in [0, 0.05) is 6.61 Å². The minimum atomic E-state index is -0.883. The molecule has 4 heteroatoms. The van der Waals surface area contributed by atoms with Crippen LogP contribution in [0.3, 0.4) is 0 Å². The smallest absolute Gasteiger partial charge is 0.320 e. The van der Waals surface area contributed by atoms with Crippen LogP contribution in [-0.4, -0.2) is 29.3 Å². The Morgan fingerprint density at radius 3 is 2.79 bits per heavy atom. The summed E-state index contributed by atoms with van der Waals surface area (Å²) >= 11 is 0. The molecule has 0 radical (unpaired) electrons. The standard InChI is InChI=1S/C10H17NO3/c11-8(9(12)13)7-2-5-14-10(6-7)3-1-4-10/h7-8H,1-6,11H2,(H,12,13)/t7-,8+/m1/s1. The Hall–Kier alpha value is -0.610. The molecule has 2 fully saturated rings. The molecular formula is C10H17NO3. The van der Waals surface area contributed by atoms with Gasteiger partial charge in [0.05, 0.1) is 5.60 Å². The monoisotopic (exact) mass is 199 g/mol. The van der Waals surface area contributed by atoms with Crippen molar-refractivity contribution >= 4 is 5.97 Å². The van der Waals surface area contributed by atoms with Crippen molar-refractivity contribution in [2.75, 3.05) is 6.61 Å². The average molecular weight is 199 g/mol. The van der Waals surface area contributed by atoms with E-state index in [1.54, 1.807) is 0 Å². The Labute approximate surface area is 83.4 Å². The number of hydrogen-bond donors (Lipinski definition) is 2. The maximum atomic E-state index is 10.8. The Morgan fingerprint density at radius 2 is 2.29 bits per heavy atom. The Kier molecular flexibility index (Phi) is 2.49. The van der Waals surface area contributed by atoms with Crippen LogP contribution in [0.15, 0.2) is 0 Å². The molecule has 1 heterocycles. The van der Waals surface area contributed by atoms with Crippen molar-refractivity contribution in [2.45, 2.75) is 43.7 Å². The van der Waals surface area contributed by atoms with Crippen molar-refractivity contribution < 1.29 is 14.6 Å². The SMILES string of the molecule is N[C@H](C(=O)O)[C@@H]1CCOC2(CCC2)C1. The largest absolute Gasteiger partial charge is 0.480 e. The molecule has 0 bridgehead atoms. The molecule has 0 aromatic heterocycles. The third kappa shape index (κ3) is 1.64. The summed E-state index contributed by atoms with van der Waals surface area (Å²) in [5.74, 6) is -0.784. The molecule has 4 nitrogen and oxygen atoms in total. The van der Waals surface area contributed by atoms with Gasteiger partial charge < -0.3 is 15.6 Å². The molecule has 1 spiro atoms. The van der Waals surface area contributed by atoms with Crippen LogP contribution in [0.2, 0.25) is 0 Å². The second-order valence-corrected chi connectivity index (χ2v) is 4.50. The first kappa shape index (κ1) is 9.93. The predicted molar refractivity (Wildman–Crippen MR) is 50.9 cm³/mol. The van der Waals surface area contributed by atoms with E-state index >= 15 is 0 Å². The fourth-order valence-electron chi connectivity index (χ4n) is 2.49. The minimum Gasteiger partial charge on any atom is -0.480 e. The van der Waals surface area contributed by atoms with Gasteiger partial charge in [0.2, 0.25) is 0 Å². The van der Waals surface area contributed by atoms with Gasteiger partial charge in [-0.2, -0.15) is 0 Å². The number of hydrogen-bond acceptors (Lipinski definition) is 3. The zero-order chi connectivity index (χ0) is 10.2. The average Bonchev–Trinajstić information content (AvgIpc) is 2.14. The van der Waals surface area contributed by atoms with E-state index in [9.17, 15) is 4.79 Å². The van der Waals surface area contributed by atoms with Gasteiger partial charge in [0.25, 0.3) is 0 Å². The lowest BCUT2D eigenvalue weighted by atomic mass is 9.70. The second-order valence-electron chi connectivity index (χ2n) is 4.50. The molecule has 1 aliphatic heterocycles. The first-order chi connectivity index (χ1) is 6.63. The van der Waals surface area contributed by atoms with E-state index in [2.05, 4.69) is 0 Å². The Morgan fingerprint density at radius 1 is 1.57 bits per heavy atom. The quantitative estimate of drug-likeness (QED) is 0.688. The normalized spacial score (nSPS) is 32.2. The van der Waals surface area contributed by atoms with E-state index < -0.39 is 12.0 Å². The zero-order valence-corrected chi connectivity index (χ0v) is 8.24. The summed E-state index contributed by atoms with van der Waals surface area (Å²) < 4.78 is 5.71. The fraction of sp³-hybridized carbons (Fsp3) is 0.900. The first-order valence-corrected chi connectivity index (χ1v) is 5.25. The van der Waals surface area contributed by atoms with Crippen molar-refractivity contribution in [3.63, 3.8) is 0 Å². The van der Waals surface area contributed by atoms with Crippen LogP contribution in [0.5, 0.6) is 0 Å². The minimum absolute atomic E-state index is 0.00398.